The van der Waals surface area contributed by atoms with Crippen LogP contribution in [0.4, 0.5) is 0 Å². The van der Waals surface area contributed by atoms with Crippen LogP contribution in [0.5, 0.6) is 5.75 Å². The molecule has 0 saturated carbocycles. The first-order valence-electron chi connectivity index (χ1n) is 5.11. The molecule has 2 rings (SSSR count). The Balaban J connectivity index is 2.15. The van der Waals surface area contributed by atoms with Crippen molar-refractivity contribution >= 4 is 0 Å². The summed E-state index contributed by atoms with van der Waals surface area (Å²) in [6.45, 7) is 0.608. The van der Waals surface area contributed by atoms with E-state index in [2.05, 4.69) is 10.1 Å². The van der Waals surface area contributed by atoms with E-state index >= 15 is 0 Å². The fourth-order valence-electron chi connectivity index (χ4n) is 1.34. The number of hydrogen-bond donors (Lipinski definition) is 2. The molecule has 0 unspecified atom stereocenters. The third-order valence-corrected chi connectivity index (χ3v) is 2.19. The van der Waals surface area contributed by atoms with Gasteiger partial charge in [0, 0.05) is 12.0 Å². The summed E-state index contributed by atoms with van der Waals surface area (Å²) in [4.78, 5) is 4.23. The summed E-state index contributed by atoms with van der Waals surface area (Å²) in [6, 6.07) is 6.66. The van der Waals surface area contributed by atoms with Gasteiger partial charge in [-0.25, -0.2) is 0 Å². The van der Waals surface area contributed by atoms with Crippen LogP contribution in [0.25, 0.3) is 11.4 Å². The number of aromatic nitrogens is 2. The molecule has 84 valence electrons. The molecule has 0 amide bonds. The molecule has 0 aliphatic rings. The Morgan fingerprint density at radius 2 is 2.00 bits per heavy atom. The van der Waals surface area contributed by atoms with Crippen molar-refractivity contribution in [3.63, 3.8) is 0 Å². The van der Waals surface area contributed by atoms with Crippen molar-refractivity contribution in [3.05, 3.63) is 30.2 Å². The lowest BCUT2D eigenvalue weighted by molar-refractivity contribution is 0.376. The molecular formula is C11H13N3O2. The number of phenolic OH excluding ortho intramolecular Hbond substituents is 1. The van der Waals surface area contributed by atoms with Crippen LogP contribution in [-0.4, -0.2) is 21.8 Å². The predicted molar refractivity (Wildman–Crippen MR) is 58.8 cm³/mol. The van der Waals surface area contributed by atoms with Crippen LogP contribution in [0, 0.1) is 0 Å². The van der Waals surface area contributed by atoms with Gasteiger partial charge in [-0.2, -0.15) is 4.98 Å². The lowest BCUT2D eigenvalue weighted by atomic mass is 10.2. The minimum atomic E-state index is 0.218. The van der Waals surface area contributed by atoms with Crippen molar-refractivity contribution in [1.82, 2.24) is 10.1 Å². The molecule has 0 saturated heterocycles. The number of nitrogens with zero attached hydrogens (tertiary/aromatic N) is 2. The Labute approximate surface area is 92.9 Å². The lowest BCUT2D eigenvalue weighted by Gasteiger charge is -1.93. The van der Waals surface area contributed by atoms with Crippen LogP contribution in [0.3, 0.4) is 0 Å². The third kappa shape index (κ3) is 2.38. The van der Waals surface area contributed by atoms with Gasteiger partial charge in [0.15, 0.2) is 0 Å². The predicted octanol–water partition coefficient (Wildman–Crippen LogP) is 1.33. The molecule has 0 bridgehead atoms. The molecule has 0 atom stereocenters. The van der Waals surface area contributed by atoms with Gasteiger partial charge in [0.1, 0.15) is 5.75 Å². The minimum absolute atomic E-state index is 0.218. The number of benzene rings is 1. The minimum Gasteiger partial charge on any atom is -0.508 e. The van der Waals surface area contributed by atoms with Gasteiger partial charge >= 0.3 is 0 Å². The number of rotatable bonds is 4. The topological polar surface area (TPSA) is 85.2 Å². The highest BCUT2D eigenvalue weighted by atomic mass is 16.5. The van der Waals surface area contributed by atoms with Crippen molar-refractivity contribution in [1.29, 1.82) is 0 Å². The molecule has 0 fully saturated rings. The molecule has 3 N–H and O–H groups in total. The van der Waals surface area contributed by atoms with Crippen molar-refractivity contribution in [2.75, 3.05) is 6.54 Å². The Hall–Kier alpha value is -1.88. The summed E-state index contributed by atoms with van der Waals surface area (Å²) in [6.07, 6.45) is 1.53. The second-order valence-electron chi connectivity index (χ2n) is 3.45. The fourth-order valence-corrected chi connectivity index (χ4v) is 1.34. The number of aromatic hydroxyl groups is 1. The van der Waals surface area contributed by atoms with Crippen LogP contribution < -0.4 is 5.73 Å². The largest absolute Gasteiger partial charge is 0.508 e. The van der Waals surface area contributed by atoms with E-state index in [0.29, 0.717) is 24.7 Å². The second-order valence-corrected chi connectivity index (χ2v) is 3.45. The smallest absolute Gasteiger partial charge is 0.227 e. The molecular weight excluding hydrogens is 206 g/mol. The van der Waals surface area contributed by atoms with Crippen LogP contribution in [0.15, 0.2) is 28.8 Å². The van der Waals surface area contributed by atoms with E-state index in [1.54, 1.807) is 24.3 Å². The maximum Gasteiger partial charge on any atom is 0.227 e. The van der Waals surface area contributed by atoms with Crippen molar-refractivity contribution < 1.29 is 9.63 Å². The highest BCUT2D eigenvalue weighted by Crippen LogP contribution is 2.19. The van der Waals surface area contributed by atoms with Gasteiger partial charge < -0.3 is 15.4 Å². The number of aryl methyl sites for hydroxylation is 1. The zero-order valence-corrected chi connectivity index (χ0v) is 8.76. The van der Waals surface area contributed by atoms with E-state index in [1.165, 1.54) is 0 Å². The van der Waals surface area contributed by atoms with E-state index < -0.39 is 0 Å². The number of phenols is 1. The Morgan fingerprint density at radius 1 is 1.25 bits per heavy atom. The molecule has 5 heteroatoms. The fraction of sp³-hybridized carbons (Fsp3) is 0.273. The molecule has 0 aliphatic heterocycles. The summed E-state index contributed by atoms with van der Waals surface area (Å²) >= 11 is 0. The molecule has 5 nitrogen and oxygen atoms in total. The third-order valence-electron chi connectivity index (χ3n) is 2.19. The molecule has 16 heavy (non-hydrogen) atoms. The molecule has 0 spiro atoms. The first-order valence-corrected chi connectivity index (χ1v) is 5.11. The first kappa shape index (κ1) is 10.6. The van der Waals surface area contributed by atoms with Crippen molar-refractivity contribution in [2.24, 2.45) is 5.73 Å². The average Bonchev–Trinajstić information content (AvgIpc) is 2.76. The van der Waals surface area contributed by atoms with Crippen LogP contribution in [0.1, 0.15) is 12.3 Å². The van der Waals surface area contributed by atoms with Gasteiger partial charge in [-0.3, -0.25) is 0 Å². The summed E-state index contributed by atoms with van der Waals surface area (Å²) in [5.41, 5.74) is 6.21. The van der Waals surface area contributed by atoms with Gasteiger partial charge in [-0.1, -0.05) is 5.16 Å². The van der Waals surface area contributed by atoms with Gasteiger partial charge in [0.2, 0.25) is 11.7 Å². The van der Waals surface area contributed by atoms with Crippen LogP contribution in [0.2, 0.25) is 0 Å². The Kier molecular flexibility index (Phi) is 3.16. The standard InChI is InChI=1S/C11H13N3O2/c12-7-1-2-10-13-11(14-16-10)8-3-5-9(15)6-4-8/h3-6,15H,1-2,7,12H2. The summed E-state index contributed by atoms with van der Waals surface area (Å²) < 4.78 is 5.07. The highest BCUT2D eigenvalue weighted by Gasteiger charge is 2.07. The SMILES string of the molecule is NCCCc1nc(-c2ccc(O)cc2)no1. The average molecular weight is 219 g/mol. The van der Waals surface area contributed by atoms with Crippen molar-refractivity contribution in [3.8, 4) is 17.1 Å². The highest BCUT2D eigenvalue weighted by molar-refractivity contribution is 5.55. The maximum atomic E-state index is 9.15. The molecule has 0 radical (unpaired) electrons. The molecule has 1 aromatic heterocycles. The van der Waals surface area contributed by atoms with Gasteiger partial charge in [0.25, 0.3) is 0 Å². The monoisotopic (exact) mass is 219 g/mol. The summed E-state index contributed by atoms with van der Waals surface area (Å²) in [5, 5.41) is 13.0. The number of hydrogen-bond acceptors (Lipinski definition) is 5. The summed E-state index contributed by atoms with van der Waals surface area (Å²) in [7, 11) is 0. The maximum absolute atomic E-state index is 9.15. The van der Waals surface area contributed by atoms with Gasteiger partial charge in [-0.15, -0.1) is 0 Å². The Bertz CT molecular complexity index is 451. The summed E-state index contributed by atoms with van der Waals surface area (Å²) in [5.74, 6) is 1.34. The zero-order valence-electron chi connectivity index (χ0n) is 8.76. The van der Waals surface area contributed by atoms with Crippen LogP contribution >= 0.6 is 0 Å². The van der Waals surface area contributed by atoms with E-state index in [0.717, 1.165) is 12.0 Å². The molecule has 2 aromatic rings. The van der Waals surface area contributed by atoms with Gasteiger partial charge in [0.05, 0.1) is 0 Å². The van der Waals surface area contributed by atoms with E-state index in [-0.39, 0.29) is 5.75 Å². The van der Waals surface area contributed by atoms with Gasteiger partial charge in [-0.05, 0) is 37.2 Å². The zero-order chi connectivity index (χ0) is 11.4. The van der Waals surface area contributed by atoms with E-state index in [1.807, 2.05) is 0 Å². The Morgan fingerprint density at radius 3 is 2.69 bits per heavy atom. The first-order chi connectivity index (χ1) is 7.79. The van der Waals surface area contributed by atoms with Crippen molar-refractivity contribution in [2.45, 2.75) is 12.8 Å². The molecule has 0 aliphatic carbocycles. The lowest BCUT2D eigenvalue weighted by Crippen LogP contribution is -2.00. The molecule has 1 heterocycles. The normalized spacial score (nSPS) is 10.6. The number of nitrogens with two attached hydrogens (primary N) is 1. The van der Waals surface area contributed by atoms with E-state index in [4.69, 9.17) is 15.4 Å². The van der Waals surface area contributed by atoms with Crippen LogP contribution in [-0.2, 0) is 6.42 Å². The second kappa shape index (κ2) is 4.76. The van der Waals surface area contributed by atoms with E-state index in [9.17, 15) is 0 Å². The molecule has 1 aromatic carbocycles. The quantitative estimate of drug-likeness (QED) is 0.810.